The first-order chi connectivity index (χ1) is 9.47. The summed E-state index contributed by atoms with van der Waals surface area (Å²) >= 11 is 0. The number of rotatable bonds is 2. The Balaban J connectivity index is 2.00. The van der Waals surface area contributed by atoms with Crippen LogP contribution in [0.15, 0.2) is 18.2 Å². The first-order valence-corrected chi connectivity index (χ1v) is 6.65. The summed E-state index contributed by atoms with van der Waals surface area (Å²) in [5.41, 5.74) is 0.00313. The van der Waals surface area contributed by atoms with Crippen LogP contribution in [-0.2, 0) is 0 Å². The van der Waals surface area contributed by atoms with Gasteiger partial charge in [0.1, 0.15) is 11.6 Å². The number of amides is 2. The summed E-state index contributed by atoms with van der Waals surface area (Å²) in [6, 6.07) is 3.08. The van der Waals surface area contributed by atoms with E-state index < -0.39 is 11.6 Å². The molecule has 0 unspecified atom stereocenters. The topological polar surface area (TPSA) is 35.6 Å². The van der Waals surface area contributed by atoms with Crippen LogP contribution in [-0.4, -0.2) is 49.1 Å². The molecule has 0 radical (unpaired) electrons. The Hall–Kier alpha value is -1.69. The van der Waals surface area contributed by atoms with E-state index in [1.807, 2.05) is 14.1 Å². The first kappa shape index (κ1) is 14.7. The number of anilines is 1. The van der Waals surface area contributed by atoms with E-state index >= 15 is 0 Å². The molecular formula is C14H19F2N3O. The number of likely N-dealkylation sites (tertiary alicyclic amines) is 1. The van der Waals surface area contributed by atoms with Crippen molar-refractivity contribution in [1.82, 2.24) is 9.80 Å². The van der Waals surface area contributed by atoms with E-state index in [9.17, 15) is 13.6 Å². The van der Waals surface area contributed by atoms with Crippen molar-refractivity contribution in [2.45, 2.75) is 18.9 Å². The van der Waals surface area contributed by atoms with Crippen LogP contribution >= 0.6 is 0 Å². The number of benzene rings is 1. The highest BCUT2D eigenvalue weighted by atomic mass is 19.1. The van der Waals surface area contributed by atoms with Crippen molar-refractivity contribution in [1.29, 1.82) is 0 Å². The van der Waals surface area contributed by atoms with Gasteiger partial charge < -0.3 is 15.1 Å². The number of urea groups is 1. The summed E-state index contributed by atoms with van der Waals surface area (Å²) in [6.45, 7) is 1.26. The van der Waals surface area contributed by atoms with Crippen molar-refractivity contribution in [2.24, 2.45) is 0 Å². The van der Waals surface area contributed by atoms with Gasteiger partial charge in [0, 0.05) is 25.2 Å². The van der Waals surface area contributed by atoms with Gasteiger partial charge in [-0.15, -0.1) is 0 Å². The van der Waals surface area contributed by atoms with Crippen molar-refractivity contribution in [3.8, 4) is 0 Å². The summed E-state index contributed by atoms with van der Waals surface area (Å²) in [5, 5.41) is 2.49. The van der Waals surface area contributed by atoms with Crippen molar-refractivity contribution in [3.05, 3.63) is 29.8 Å². The van der Waals surface area contributed by atoms with Crippen LogP contribution in [0, 0.1) is 11.6 Å². The third-order valence-corrected chi connectivity index (χ3v) is 3.59. The average molecular weight is 283 g/mol. The lowest BCUT2D eigenvalue weighted by Crippen LogP contribution is -2.48. The summed E-state index contributed by atoms with van der Waals surface area (Å²) in [4.78, 5) is 15.9. The Bertz CT molecular complexity index is 493. The number of hydrogen-bond donors (Lipinski definition) is 1. The van der Waals surface area contributed by atoms with E-state index in [1.165, 1.54) is 6.07 Å². The Labute approximate surface area is 117 Å². The molecule has 0 saturated carbocycles. The van der Waals surface area contributed by atoms with Crippen molar-refractivity contribution in [2.75, 3.05) is 32.5 Å². The lowest BCUT2D eigenvalue weighted by atomic mass is 10.1. The number of carbonyl (C=O) groups is 1. The zero-order valence-electron chi connectivity index (χ0n) is 11.7. The number of hydrogen-bond acceptors (Lipinski definition) is 2. The standard InChI is InChI=1S/C14H19F2N3O/c1-18(2)11-4-3-7-19(9-11)14(20)17-13-6-5-10(15)8-12(13)16/h5-6,8,11H,3-4,7,9H2,1-2H3,(H,17,20)/t11-/m0/s1. The molecule has 1 atom stereocenters. The molecule has 1 saturated heterocycles. The smallest absolute Gasteiger partial charge is 0.321 e. The van der Waals surface area contributed by atoms with Crippen LogP contribution < -0.4 is 5.32 Å². The lowest BCUT2D eigenvalue weighted by molar-refractivity contribution is 0.148. The Kier molecular flexibility index (Phi) is 4.54. The zero-order chi connectivity index (χ0) is 14.7. The van der Waals surface area contributed by atoms with Gasteiger partial charge in [-0.25, -0.2) is 13.6 Å². The van der Waals surface area contributed by atoms with Gasteiger partial charge in [-0.2, -0.15) is 0 Å². The number of likely N-dealkylation sites (N-methyl/N-ethyl adjacent to an activating group) is 1. The monoisotopic (exact) mass is 283 g/mol. The summed E-state index contributed by atoms with van der Waals surface area (Å²) in [5.74, 6) is -1.43. The molecule has 2 rings (SSSR count). The molecule has 1 heterocycles. The maximum atomic E-state index is 13.5. The SMILES string of the molecule is CN(C)[C@H]1CCCN(C(=O)Nc2ccc(F)cc2F)C1. The quantitative estimate of drug-likeness (QED) is 0.905. The van der Waals surface area contributed by atoms with Gasteiger partial charge in [0.05, 0.1) is 5.69 Å². The first-order valence-electron chi connectivity index (χ1n) is 6.65. The Morgan fingerprint density at radius 1 is 1.40 bits per heavy atom. The highest BCUT2D eigenvalue weighted by Crippen LogP contribution is 2.18. The highest BCUT2D eigenvalue weighted by Gasteiger charge is 2.25. The van der Waals surface area contributed by atoms with E-state index in [1.54, 1.807) is 4.90 Å². The highest BCUT2D eigenvalue weighted by molar-refractivity contribution is 5.89. The predicted molar refractivity (Wildman–Crippen MR) is 73.7 cm³/mol. The molecule has 1 fully saturated rings. The Morgan fingerprint density at radius 3 is 2.80 bits per heavy atom. The van der Waals surface area contributed by atoms with Crippen molar-refractivity contribution in [3.63, 3.8) is 0 Å². The summed E-state index contributed by atoms with van der Waals surface area (Å²) in [6.07, 6.45) is 1.96. The number of halogens is 2. The van der Waals surface area contributed by atoms with Crippen LogP contribution in [0.5, 0.6) is 0 Å². The van der Waals surface area contributed by atoms with Crippen LogP contribution in [0.4, 0.5) is 19.3 Å². The minimum atomic E-state index is -0.764. The van der Waals surface area contributed by atoms with Crippen LogP contribution in [0.2, 0.25) is 0 Å². The van der Waals surface area contributed by atoms with E-state index in [-0.39, 0.29) is 11.7 Å². The molecule has 1 aromatic carbocycles. The molecule has 0 spiro atoms. The molecule has 0 bridgehead atoms. The number of nitrogens with zero attached hydrogens (tertiary/aromatic N) is 2. The molecule has 0 aliphatic carbocycles. The maximum absolute atomic E-state index is 13.5. The zero-order valence-corrected chi connectivity index (χ0v) is 11.7. The molecule has 2 amide bonds. The normalized spacial score (nSPS) is 19.2. The van der Waals surface area contributed by atoms with Crippen molar-refractivity contribution < 1.29 is 13.6 Å². The predicted octanol–water partition coefficient (Wildman–Crippen LogP) is 2.52. The lowest BCUT2D eigenvalue weighted by Gasteiger charge is -2.36. The van der Waals surface area contributed by atoms with E-state index in [0.717, 1.165) is 25.0 Å². The van der Waals surface area contributed by atoms with Crippen LogP contribution in [0.1, 0.15) is 12.8 Å². The van der Waals surface area contributed by atoms with Crippen LogP contribution in [0.3, 0.4) is 0 Å². The second-order valence-electron chi connectivity index (χ2n) is 5.26. The number of piperidine rings is 1. The fourth-order valence-electron chi connectivity index (χ4n) is 2.35. The molecule has 4 nitrogen and oxygen atoms in total. The average Bonchev–Trinajstić information content (AvgIpc) is 2.42. The molecule has 110 valence electrons. The van der Waals surface area contributed by atoms with Gasteiger partial charge in [0.2, 0.25) is 0 Å². The van der Waals surface area contributed by atoms with E-state index in [2.05, 4.69) is 10.2 Å². The largest absolute Gasteiger partial charge is 0.323 e. The van der Waals surface area contributed by atoms with Gasteiger partial charge in [0.15, 0.2) is 0 Å². The molecule has 1 N–H and O–H groups in total. The molecule has 1 aliphatic rings. The van der Waals surface area contributed by atoms with Gasteiger partial charge >= 0.3 is 6.03 Å². The Morgan fingerprint density at radius 2 is 2.15 bits per heavy atom. The summed E-state index contributed by atoms with van der Waals surface area (Å²) < 4.78 is 26.3. The molecule has 6 heteroatoms. The van der Waals surface area contributed by atoms with Gasteiger partial charge in [0.25, 0.3) is 0 Å². The second-order valence-corrected chi connectivity index (χ2v) is 5.26. The third-order valence-electron chi connectivity index (χ3n) is 3.59. The minimum absolute atomic E-state index is 0.00313. The fraction of sp³-hybridized carbons (Fsp3) is 0.500. The second kappa shape index (κ2) is 6.17. The number of nitrogens with one attached hydrogen (secondary N) is 1. The van der Waals surface area contributed by atoms with E-state index in [4.69, 9.17) is 0 Å². The van der Waals surface area contributed by atoms with E-state index in [0.29, 0.717) is 19.1 Å². The van der Waals surface area contributed by atoms with Crippen LogP contribution in [0.25, 0.3) is 0 Å². The van der Waals surface area contributed by atoms with Gasteiger partial charge in [-0.1, -0.05) is 0 Å². The van der Waals surface area contributed by atoms with Gasteiger partial charge in [-0.3, -0.25) is 0 Å². The van der Waals surface area contributed by atoms with Gasteiger partial charge in [-0.05, 0) is 39.1 Å². The molecule has 0 aromatic heterocycles. The maximum Gasteiger partial charge on any atom is 0.321 e. The fourth-order valence-corrected chi connectivity index (χ4v) is 2.35. The molecule has 20 heavy (non-hydrogen) atoms. The number of carbonyl (C=O) groups excluding carboxylic acids is 1. The minimum Gasteiger partial charge on any atom is -0.323 e. The summed E-state index contributed by atoms with van der Waals surface area (Å²) in [7, 11) is 3.96. The van der Waals surface area contributed by atoms with Crippen molar-refractivity contribution >= 4 is 11.7 Å². The molecule has 1 aromatic rings. The third kappa shape index (κ3) is 3.45. The molecule has 1 aliphatic heterocycles. The molecular weight excluding hydrogens is 264 g/mol.